The van der Waals surface area contributed by atoms with E-state index < -0.39 is 11.9 Å². The predicted molar refractivity (Wildman–Crippen MR) is 66.8 cm³/mol. The molecule has 1 heterocycles. The number of hydrogen-bond acceptors (Lipinski definition) is 5. The molecule has 0 aliphatic rings. The predicted octanol–water partition coefficient (Wildman–Crippen LogP) is 0.618. The Morgan fingerprint density at radius 2 is 2.15 bits per heavy atom. The van der Waals surface area contributed by atoms with E-state index in [9.17, 15) is 18.0 Å². The van der Waals surface area contributed by atoms with Gasteiger partial charge in [-0.05, 0) is 6.07 Å². The first kappa shape index (κ1) is 16.2. The van der Waals surface area contributed by atoms with Crippen molar-refractivity contribution in [1.29, 1.82) is 0 Å². The van der Waals surface area contributed by atoms with Crippen LogP contribution in [0.15, 0.2) is 12.3 Å². The lowest BCUT2D eigenvalue weighted by molar-refractivity contribution is -0.141. The van der Waals surface area contributed by atoms with Gasteiger partial charge in [0, 0.05) is 31.7 Å². The molecule has 112 valence electrons. The van der Waals surface area contributed by atoms with Gasteiger partial charge in [0.25, 0.3) is 0 Å². The Kier molecular flexibility index (Phi) is 5.68. The highest BCUT2D eigenvalue weighted by atomic mass is 19.4. The second-order valence-corrected chi connectivity index (χ2v) is 4.12. The van der Waals surface area contributed by atoms with E-state index >= 15 is 0 Å². The van der Waals surface area contributed by atoms with Crippen LogP contribution in [0.2, 0.25) is 0 Å². The second-order valence-electron chi connectivity index (χ2n) is 4.12. The molecule has 0 spiro atoms. The third-order valence-corrected chi connectivity index (χ3v) is 2.45. The molecule has 1 unspecified atom stereocenters. The van der Waals surface area contributed by atoms with E-state index in [2.05, 4.69) is 20.6 Å². The van der Waals surface area contributed by atoms with Crippen molar-refractivity contribution in [2.75, 3.05) is 25.0 Å². The van der Waals surface area contributed by atoms with E-state index in [1.807, 2.05) is 0 Å². The van der Waals surface area contributed by atoms with Crippen LogP contribution in [-0.4, -0.2) is 35.5 Å². The summed E-state index contributed by atoms with van der Waals surface area (Å²) in [4.78, 5) is 18.4. The van der Waals surface area contributed by atoms with Gasteiger partial charge in [-0.15, -0.1) is 0 Å². The van der Waals surface area contributed by atoms with Crippen molar-refractivity contribution >= 4 is 11.9 Å². The van der Waals surface area contributed by atoms with E-state index in [1.165, 1.54) is 0 Å². The molecule has 0 saturated carbocycles. The van der Waals surface area contributed by atoms with Crippen LogP contribution in [0.4, 0.5) is 19.1 Å². The van der Waals surface area contributed by atoms with Crippen molar-refractivity contribution in [2.45, 2.75) is 13.1 Å². The van der Waals surface area contributed by atoms with E-state index in [4.69, 9.17) is 5.73 Å². The second kappa shape index (κ2) is 7.04. The molecule has 1 aromatic heterocycles. The minimum Gasteiger partial charge on any atom is -0.354 e. The molecule has 0 radical (unpaired) electrons. The fourth-order valence-corrected chi connectivity index (χ4v) is 1.24. The average Bonchev–Trinajstić information content (AvgIpc) is 2.41. The number of carbonyl (C=O) groups excluding carboxylic acids is 1. The molecule has 1 rings (SSSR count). The van der Waals surface area contributed by atoms with Gasteiger partial charge >= 0.3 is 6.18 Å². The van der Waals surface area contributed by atoms with Crippen LogP contribution in [0, 0.1) is 5.92 Å². The van der Waals surface area contributed by atoms with Gasteiger partial charge in [-0.3, -0.25) is 4.79 Å². The summed E-state index contributed by atoms with van der Waals surface area (Å²) in [6.45, 7) is 2.36. The number of nitrogens with zero attached hydrogens (tertiary/aromatic N) is 2. The van der Waals surface area contributed by atoms with Crippen LogP contribution in [-0.2, 0) is 11.0 Å². The van der Waals surface area contributed by atoms with Gasteiger partial charge in [0.15, 0.2) is 0 Å². The fraction of sp³-hybridized carbons (Fsp3) is 0.545. The SMILES string of the molecule is CC(CN)C(=O)NCCNc1nccc(C(F)(F)F)n1. The van der Waals surface area contributed by atoms with Gasteiger partial charge < -0.3 is 16.4 Å². The van der Waals surface area contributed by atoms with E-state index in [1.54, 1.807) is 6.92 Å². The monoisotopic (exact) mass is 291 g/mol. The maximum atomic E-state index is 12.4. The quantitative estimate of drug-likeness (QED) is 0.668. The first-order valence-corrected chi connectivity index (χ1v) is 5.96. The van der Waals surface area contributed by atoms with Crippen molar-refractivity contribution in [3.63, 3.8) is 0 Å². The van der Waals surface area contributed by atoms with E-state index in [-0.39, 0.29) is 37.4 Å². The van der Waals surface area contributed by atoms with Crippen molar-refractivity contribution in [3.8, 4) is 0 Å². The highest BCUT2D eigenvalue weighted by Gasteiger charge is 2.32. The zero-order chi connectivity index (χ0) is 15.2. The topological polar surface area (TPSA) is 92.9 Å². The Bertz CT molecular complexity index is 452. The Morgan fingerprint density at radius 1 is 1.45 bits per heavy atom. The Balaban J connectivity index is 2.41. The zero-order valence-electron chi connectivity index (χ0n) is 10.9. The average molecular weight is 291 g/mol. The van der Waals surface area contributed by atoms with Gasteiger partial charge in [0.05, 0.1) is 0 Å². The molecule has 20 heavy (non-hydrogen) atoms. The van der Waals surface area contributed by atoms with Crippen LogP contribution >= 0.6 is 0 Å². The summed E-state index contributed by atoms with van der Waals surface area (Å²) in [5.41, 5.74) is 4.30. The van der Waals surface area contributed by atoms with Gasteiger partial charge in [0.1, 0.15) is 5.69 Å². The molecule has 0 aromatic carbocycles. The van der Waals surface area contributed by atoms with Crippen LogP contribution in [0.25, 0.3) is 0 Å². The van der Waals surface area contributed by atoms with Crippen molar-refractivity contribution in [3.05, 3.63) is 18.0 Å². The number of alkyl halides is 3. The maximum absolute atomic E-state index is 12.4. The largest absolute Gasteiger partial charge is 0.433 e. The number of halogens is 3. The first-order valence-electron chi connectivity index (χ1n) is 5.96. The van der Waals surface area contributed by atoms with Crippen molar-refractivity contribution < 1.29 is 18.0 Å². The third kappa shape index (κ3) is 5.00. The van der Waals surface area contributed by atoms with Crippen LogP contribution < -0.4 is 16.4 Å². The van der Waals surface area contributed by atoms with Gasteiger partial charge in [-0.25, -0.2) is 9.97 Å². The van der Waals surface area contributed by atoms with Crippen molar-refractivity contribution in [2.24, 2.45) is 11.7 Å². The summed E-state index contributed by atoms with van der Waals surface area (Å²) in [7, 11) is 0. The Morgan fingerprint density at radius 3 is 2.75 bits per heavy atom. The van der Waals surface area contributed by atoms with E-state index in [0.717, 1.165) is 12.3 Å². The van der Waals surface area contributed by atoms with Crippen LogP contribution in [0.5, 0.6) is 0 Å². The molecular formula is C11H16F3N5O. The first-order chi connectivity index (χ1) is 9.34. The molecule has 0 saturated heterocycles. The molecule has 1 amide bonds. The highest BCUT2D eigenvalue weighted by Crippen LogP contribution is 2.27. The minimum absolute atomic E-state index is 0.138. The molecule has 6 nitrogen and oxygen atoms in total. The molecule has 4 N–H and O–H groups in total. The number of anilines is 1. The normalized spacial score (nSPS) is 12.8. The lowest BCUT2D eigenvalue weighted by atomic mass is 10.2. The van der Waals surface area contributed by atoms with Gasteiger partial charge in [-0.1, -0.05) is 6.92 Å². The number of carbonyl (C=O) groups is 1. The third-order valence-electron chi connectivity index (χ3n) is 2.45. The molecule has 0 aliphatic heterocycles. The summed E-state index contributed by atoms with van der Waals surface area (Å²) < 4.78 is 37.2. The molecule has 9 heteroatoms. The minimum atomic E-state index is -4.51. The smallest absolute Gasteiger partial charge is 0.354 e. The number of amides is 1. The summed E-state index contributed by atoms with van der Waals surface area (Å²) in [5.74, 6) is -0.653. The fourth-order valence-electron chi connectivity index (χ4n) is 1.24. The van der Waals surface area contributed by atoms with Crippen molar-refractivity contribution in [1.82, 2.24) is 15.3 Å². The Hall–Kier alpha value is -1.90. The summed E-state index contributed by atoms with van der Waals surface area (Å²) >= 11 is 0. The lowest BCUT2D eigenvalue weighted by Gasteiger charge is -2.11. The number of nitrogens with one attached hydrogen (secondary N) is 2. The summed E-state index contributed by atoms with van der Waals surface area (Å²) in [6.07, 6.45) is -3.49. The molecule has 0 fully saturated rings. The number of nitrogens with two attached hydrogens (primary N) is 1. The van der Waals surface area contributed by atoms with Gasteiger partial charge in [0.2, 0.25) is 11.9 Å². The molecule has 0 bridgehead atoms. The number of rotatable bonds is 6. The summed E-state index contributed by atoms with van der Waals surface area (Å²) in [6, 6.07) is 0.788. The lowest BCUT2D eigenvalue weighted by Crippen LogP contribution is -2.36. The van der Waals surface area contributed by atoms with E-state index in [0.29, 0.717) is 0 Å². The number of aromatic nitrogens is 2. The van der Waals surface area contributed by atoms with Crippen LogP contribution in [0.1, 0.15) is 12.6 Å². The highest BCUT2D eigenvalue weighted by molar-refractivity contribution is 5.78. The number of hydrogen-bond donors (Lipinski definition) is 3. The molecule has 0 aliphatic carbocycles. The Labute approximate surface area is 114 Å². The summed E-state index contributed by atoms with van der Waals surface area (Å²) in [5, 5.41) is 5.19. The molecular weight excluding hydrogens is 275 g/mol. The van der Waals surface area contributed by atoms with Gasteiger partial charge in [-0.2, -0.15) is 13.2 Å². The zero-order valence-corrected chi connectivity index (χ0v) is 10.9. The van der Waals surface area contributed by atoms with Crippen LogP contribution in [0.3, 0.4) is 0 Å². The maximum Gasteiger partial charge on any atom is 0.433 e. The molecule has 1 atom stereocenters. The molecule has 1 aromatic rings. The standard InChI is InChI=1S/C11H16F3N5O/c1-7(6-15)9(20)16-4-5-18-10-17-3-2-8(19-10)11(12,13)14/h2-3,7H,4-6,15H2,1H3,(H,16,20)(H,17,18,19).